The molecule has 0 radical (unpaired) electrons. The molecule has 2 N–H and O–H groups in total. The maximum Gasteiger partial charge on any atom is 0.327 e. The van der Waals surface area contributed by atoms with Gasteiger partial charge in [0.25, 0.3) is 11.6 Å². The average Bonchev–Trinajstić information content (AvgIpc) is 3.07. The van der Waals surface area contributed by atoms with Gasteiger partial charge in [-0.3, -0.25) is 24.4 Å². The largest absolute Gasteiger partial charge is 0.468 e. The van der Waals surface area contributed by atoms with Gasteiger partial charge in [-0.1, -0.05) is 0 Å². The number of nitrogens with zero attached hydrogens (tertiary/aromatic N) is 3. The number of carbonyl (C=O) groups excluding carboxylic acids is 2. The molecule has 2 aromatic rings. The normalized spacial score (nSPS) is 10.1. The van der Waals surface area contributed by atoms with Crippen LogP contribution in [0.4, 0.5) is 11.4 Å². The number of carbonyl (C=O) groups is 2. The monoisotopic (exact) mass is 293 g/mol. The van der Waals surface area contributed by atoms with Gasteiger partial charge in [0.05, 0.1) is 30.1 Å². The molecule has 0 bridgehead atoms. The molecule has 0 atom stereocenters. The number of methoxy groups -OCH3 is 1. The summed E-state index contributed by atoms with van der Waals surface area (Å²) >= 11 is 0. The first-order valence-corrected chi connectivity index (χ1v) is 5.73. The van der Waals surface area contributed by atoms with Gasteiger partial charge in [-0.25, -0.2) is 0 Å². The van der Waals surface area contributed by atoms with Gasteiger partial charge in [-0.05, 0) is 0 Å². The number of ether oxygens (including phenoxy) is 1. The summed E-state index contributed by atoms with van der Waals surface area (Å²) in [5.74, 6) is -1.03. The van der Waals surface area contributed by atoms with Crippen LogP contribution >= 0.6 is 0 Å². The first-order chi connectivity index (χ1) is 9.99. The highest BCUT2D eigenvalue weighted by atomic mass is 16.6. The van der Waals surface area contributed by atoms with E-state index in [9.17, 15) is 19.7 Å². The number of aromatic amines is 1. The third-order valence-corrected chi connectivity index (χ3v) is 2.53. The van der Waals surface area contributed by atoms with Crippen molar-refractivity contribution in [2.24, 2.45) is 0 Å². The van der Waals surface area contributed by atoms with Crippen LogP contribution in [0.3, 0.4) is 0 Å². The minimum Gasteiger partial charge on any atom is -0.468 e. The summed E-state index contributed by atoms with van der Waals surface area (Å²) in [6.45, 7) is -0.0830. The van der Waals surface area contributed by atoms with Gasteiger partial charge >= 0.3 is 5.97 Å². The minimum absolute atomic E-state index is 0.0439. The molecule has 10 heteroatoms. The highest BCUT2D eigenvalue weighted by molar-refractivity contribution is 6.03. The summed E-state index contributed by atoms with van der Waals surface area (Å²) < 4.78 is 5.77. The fourth-order valence-corrected chi connectivity index (χ4v) is 1.53. The molecule has 2 rings (SSSR count). The van der Waals surface area contributed by atoms with Crippen molar-refractivity contribution in [3.63, 3.8) is 0 Å². The number of H-pyrrole nitrogens is 1. The van der Waals surface area contributed by atoms with E-state index in [2.05, 4.69) is 20.1 Å². The summed E-state index contributed by atoms with van der Waals surface area (Å²) in [5, 5.41) is 16.9. The SMILES string of the molecule is COC(=O)Cn1cc(NC(=O)c2cc([N+](=O)[O-])c[nH]2)cn1. The molecule has 0 saturated carbocycles. The van der Waals surface area contributed by atoms with Crippen molar-refractivity contribution >= 4 is 23.3 Å². The molecule has 2 heterocycles. The first-order valence-electron chi connectivity index (χ1n) is 5.73. The van der Waals surface area contributed by atoms with E-state index in [-0.39, 0.29) is 17.9 Å². The molecule has 0 spiro atoms. The number of esters is 1. The van der Waals surface area contributed by atoms with E-state index >= 15 is 0 Å². The van der Waals surface area contributed by atoms with E-state index in [1.165, 1.54) is 24.2 Å². The van der Waals surface area contributed by atoms with Gasteiger partial charge in [0.1, 0.15) is 12.2 Å². The van der Waals surface area contributed by atoms with Crippen LogP contribution in [0, 0.1) is 10.1 Å². The lowest BCUT2D eigenvalue weighted by Gasteiger charge is -2.00. The number of aromatic nitrogens is 3. The van der Waals surface area contributed by atoms with Gasteiger partial charge in [-0.15, -0.1) is 0 Å². The molecule has 0 aliphatic rings. The second kappa shape index (κ2) is 5.86. The highest BCUT2D eigenvalue weighted by Gasteiger charge is 2.15. The Balaban J connectivity index is 2.02. The number of rotatable bonds is 5. The Morgan fingerprint density at radius 1 is 1.57 bits per heavy atom. The molecule has 0 unspecified atom stereocenters. The van der Waals surface area contributed by atoms with Gasteiger partial charge in [-0.2, -0.15) is 5.10 Å². The maximum atomic E-state index is 11.8. The van der Waals surface area contributed by atoms with Crippen molar-refractivity contribution in [1.29, 1.82) is 0 Å². The molecule has 0 fully saturated rings. The number of hydrogen-bond donors (Lipinski definition) is 2. The van der Waals surface area contributed by atoms with Gasteiger partial charge in [0, 0.05) is 12.3 Å². The van der Waals surface area contributed by atoms with Crippen LogP contribution < -0.4 is 5.32 Å². The quantitative estimate of drug-likeness (QED) is 0.470. The minimum atomic E-state index is -0.609. The van der Waals surface area contributed by atoms with Gasteiger partial charge in [0.2, 0.25) is 0 Å². The van der Waals surface area contributed by atoms with E-state index < -0.39 is 16.8 Å². The van der Waals surface area contributed by atoms with Crippen LogP contribution in [0.15, 0.2) is 24.7 Å². The second-order valence-corrected chi connectivity index (χ2v) is 3.99. The van der Waals surface area contributed by atoms with Crippen LogP contribution in [0.5, 0.6) is 0 Å². The average molecular weight is 293 g/mol. The lowest BCUT2D eigenvalue weighted by atomic mass is 10.4. The van der Waals surface area contributed by atoms with Crippen molar-refractivity contribution in [1.82, 2.24) is 14.8 Å². The molecule has 110 valence electrons. The maximum absolute atomic E-state index is 11.8. The summed E-state index contributed by atoms with van der Waals surface area (Å²) in [7, 11) is 1.26. The Morgan fingerprint density at radius 3 is 2.95 bits per heavy atom. The van der Waals surface area contributed by atoms with Crippen LogP contribution in [-0.2, 0) is 16.1 Å². The molecule has 10 nitrogen and oxygen atoms in total. The zero-order valence-electron chi connectivity index (χ0n) is 10.9. The van der Waals surface area contributed by atoms with Crippen LogP contribution in [0.2, 0.25) is 0 Å². The van der Waals surface area contributed by atoms with E-state index in [1.54, 1.807) is 0 Å². The molecular formula is C11H11N5O5. The zero-order valence-corrected chi connectivity index (χ0v) is 10.9. The number of nitro groups is 1. The predicted molar refractivity (Wildman–Crippen MR) is 69.6 cm³/mol. The third-order valence-electron chi connectivity index (χ3n) is 2.53. The molecule has 0 saturated heterocycles. The first kappa shape index (κ1) is 14.2. The zero-order chi connectivity index (χ0) is 15.4. The summed E-state index contributed by atoms with van der Waals surface area (Å²) in [4.78, 5) is 35.3. The van der Waals surface area contributed by atoms with Crippen molar-refractivity contribution in [3.05, 3.63) is 40.5 Å². The Bertz CT molecular complexity index is 689. The Morgan fingerprint density at radius 2 is 2.33 bits per heavy atom. The molecular weight excluding hydrogens is 282 g/mol. The highest BCUT2D eigenvalue weighted by Crippen LogP contribution is 2.14. The van der Waals surface area contributed by atoms with Crippen molar-refractivity contribution in [2.45, 2.75) is 6.54 Å². The van der Waals surface area contributed by atoms with Gasteiger partial charge < -0.3 is 15.0 Å². The fourth-order valence-electron chi connectivity index (χ4n) is 1.53. The Labute approximate surface area is 117 Å². The molecule has 0 aliphatic carbocycles. The lowest BCUT2D eigenvalue weighted by Crippen LogP contribution is -2.13. The summed E-state index contributed by atoms with van der Waals surface area (Å²) in [6, 6.07) is 1.12. The van der Waals surface area contributed by atoms with E-state index in [0.717, 1.165) is 12.3 Å². The summed E-state index contributed by atoms with van der Waals surface area (Å²) in [5.41, 5.74) is 0.185. The van der Waals surface area contributed by atoms with Crippen molar-refractivity contribution in [3.8, 4) is 0 Å². The fraction of sp³-hybridized carbons (Fsp3) is 0.182. The van der Waals surface area contributed by atoms with Crippen LogP contribution in [0.1, 0.15) is 10.5 Å². The number of anilines is 1. The number of amides is 1. The molecule has 2 aromatic heterocycles. The number of nitrogens with one attached hydrogen (secondary N) is 2. The molecule has 0 aliphatic heterocycles. The topological polar surface area (TPSA) is 132 Å². The van der Waals surface area contributed by atoms with Crippen LogP contribution in [0.25, 0.3) is 0 Å². The van der Waals surface area contributed by atoms with Gasteiger partial charge in [0.15, 0.2) is 0 Å². The smallest absolute Gasteiger partial charge is 0.327 e. The summed E-state index contributed by atoms with van der Waals surface area (Å²) in [6.07, 6.45) is 3.90. The lowest BCUT2D eigenvalue weighted by molar-refractivity contribution is -0.384. The van der Waals surface area contributed by atoms with E-state index in [4.69, 9.17) is 0 Å². The third kappa shape index (κ3) is 3.43. The van der Waals surface area contributed by atoms with E-state index in [0.29, 0.717) is 5.69 Å². The molecule has 0 aromatic carbocycles. The second-order valence-electron chi connectivity index (χ2n) is 3.99. The Kier molecular flexibility index (Phi) is 3.97. The van der Waals surface area contributed by atoms with Crippen molar-refractivity contribution < 1.29 is 19.2 Å². The van der Waals surface area contributed by atoms with Crippen molar-refractivity contribution in [2.75, 3.05) is 12.4 Å². The van der Waals surface area contributed by atoms with E-state index in [1.807, 2.05) is 0 Å². The predicted octanol–water partition coefficient (Wildman–Crippen LogP) is 0.545. The molecule has 21 heavy (non-hydrogen) atoms. The standard InChI is InChI=1S/C11H11N5O5/c1-21-10(17)6-15-5-7(3-13-15)14-11(18)9-2-8(4-12-9)16(19)20/h2-5,12H,6H2,1H3,(H,14,18). The number of hydrogen-bond acceptors (Lipinski definition) is 6. The Hall–Kier alpha value is -3.17. The van der Waals surface area contributed by atoms with Crippen LogP contribution in [-0.4, -0.2) is 38.7 Å². The molecule has 1 amide bonds.